The van der Waals surface area contributed by atoms with E-state index in [1.165, 1.54) is 0 Å². The van der Waals surface area contributed by atoms with Crippen molar-refractivity contribution in [1.29, 1.82) is 0 Å². The molecule has 0 radical (unpaired) electrons. The smallest absolute Gasteiger partial charge is 0.140 e. The molecule has 0 spiro atoms. The minimum atomic E-state index is 0.0849. The molecule has 0 aliphatic carbocycles. The Bertz CT molecular complexity index is 378. The second-order valence-corrected chi connectivity index (χ2v) is 6.05. The lowest BCUT2D eigenvalue weighted by Crippen LogP contribution is -2.41. The van der Waals surface area contributed by atoms with E-state index in [2.05, 4.69) is 49.1 Å². The zero-order valence-electron chi connectivity index (χ0n) is 9.09. The Morgan fingerprint density at radius 1 is 1.38 bits per heavy atom. The van der Waals surface area contributed by atoms with Crippen LogP contribution in [0.4, 0.5) is 5.82 Å². The summed E-state index contributed by atoms with van der Waals surface area (Å²) in [4.78, 5) is 4.37. The zero-order chi connectivity index (χ0) is 11.6. The number of hydrogen-bond donors (Lipinski definition) is 1. The third-order valence-corrected chi connectivity index (χ3v) is 3.86. The zero-order valence-corrected chi connectivity index (χ0v) is 12.3. The summed E-state index contributed by atoms with van der Waals surface area (Å²) in [6.45, 7) is 3.85. The number of aromatic nitrogens is 1. The Morgan fingerprint density at radius 3 is 2.69 bits per heavy atom. The van der Waals surface area contributed by atoms with Crippen LogP contribution in [0.15, 0.2) is 21.2 Å². The minimum absolute atomic E-state index is 0.0849. The Morgan fingerprint density at radius 2 is 2.06 bits per heavy atom. The predicted molar refractivity (Wildman–Crippen MR) is 71.7 cm³/mol. The summed E-state index contributed by atoms with van der Waals surface area (Å²) in [7, 11) is 0. The number of nitrogens with one attached hydrogen (secondary N) is 1. The van der Waals surface area contributed by atoms with E-state index >= 15 is 0 Å². The highest BCUT2D eigenvalue weighted by molar-refractivity contribution is 9.11. The van der Waals surface area contributed by atoms with Crippen LogP contribution in [0.5, 0.6) is 0 Å². The average Bonchev–Trinajstić information content (AvgIpc) is 2.23. The van der Waals surface area contributed by atoms with Gasteiger partial charge in [0, 0.05) is 29.4 Å². The maximum absolute atomic E-state index is 5.37. The van der Waals surface area contributed by atoms with Crippen molar-refractivity contribution in [2.75, 3.05) is 18.5 Å². The van der Waals surface area contributed by atoms with Crippen molar-refractivity contribution < 1.29 is 4.74 Å². The average molecular weight is 350 g/mol. The molecule has 1 aromatic rings. The van der Waals surface area contributed by atoms with E-state index in [1.807, 2.05) is 6.07 Å². The van der Waals surface area contributed by atoms with E-state index in [9.17, 15) is 0 Å². The van der Waals surface area contributed by atoms with Gasteiger partial charge >= 0.3 is 0 Å². The van der Waals surface area contributed by atoms with E-state index in [1.54, 1.807) is 6.20 Å². The first-order valence-corrected chi connectivity index (χ1v) is 6.85. The molecule has 0 unspecified atom stereocenters. The molecule has 1 N–H and O–H groups in total. The van der Waals surface area contributed by atoms with Crippen LogP contribution in [-0.4, -0.2) is 23.7 Å². The lowest BCUT2D eigenvalue weighted by Gasteiger charge is -2.35. The Balaban J connectivity index is 2.13. The molecule has 16 heavy (non-hydrogen) atoms. The van der Waals surface area contributed by atoms with Crippen LogP contribution in [0.3, 0.4) is 0 Å². The van der Waals surface area contributed by atoms with Gasteiger partial charge in [0.1, 0.15) is 5.82 Å². The first-order chi connectivity index (χ1) is 7.59. The van der Waals surface area contributed by atoms with Gasteiger partial charge in [0.05, 0.1) is 4.47 Å². The van der Waals surface area contributed by atoms with Gasteiger partial charge in [-0.25, -0.2) is 4.98 Å². The van der Waals surface area contributed by atoms with Gasteiger partial charge in [-0.1, -0.05) is 0 Å². The summed E-state index contributed by atoms with van der Waals surface area (Å²) in [6.07, 6.45) is 3.82. The third-order valence-electron chi connectivity index (χ3n) is 2.82. The van der Waals surface area contributed by atoms with E-state index in [0.717, 1.165) is 40.8 Å². The highest BCUT2D eigenvalue weighted by atomic mass is 79.9. The van der Waals surface area contributed by atoms with Crippen LogP contribution in [0.25, 0.3) is 0 Å². The molecule has 2 heterocycles. The van der Waals surface area contributed by atoms with Gasteiger partial charge in [0.15, 0.2) is 0 Å². The molecule has 1 aliphatic heterocycles. The number of rotatable bonds is 2. The van der Waals surface area contributed by atoms with Gasteiger partial charge in [0.25, 0.3) is 0 Å². The van der Waals surface area contributed by atoms with E-state index in [0.29, 0.717) is 0 Å². The van der Waals surface area contributed by atoms with Gasteiger partial charge in [-0.15, -0.1) is 0 Å². The maximum Gasteiger partial charge on any atom is 0.140 e. The summed E-state index contributed by atoms with van der Waals surface area (Å²) in [5, 5.41) is 3.49. The summed E-state index contributed by atoms with van der Waals surface area (Å²) >= 11 is 6.91. The number of ether oxygens (including phenoxy) is 1. The van der Waals surface area contributed by atoms with Gasteiger partial charge in [-0.3, -0.25) is 0 Å². The van der Waals surface area contributed by atoms with Crippen LogP contribution in [0.1, 0.15) is 19.8 Å². The van der Waals surface area contributed by atoms with Gasteiger partial charge < -0.3 is 10.1 Å². The largest absolute Gasteiger partial charge is 0.381 e. The van der Waals surface area contributed by atoms with Gasteiger partial charge in [-0.05, 0) is 57.7 Å². The number of hydrogen-bond acceptors (Lipinski definition) is 3. The molecule has 0 amide bonds. The lowest BCUT2D eigenvalue weighted by molar-refractivity contribution is 0.0657. The van der Waals surface area contributed by atoms with Crippen molar-refractivity contribution in [2.45, 2.75) is 25.3 Å². The molecule has 2 rings (SSSR count). The monoisotopic (exact) mass is 348 g/mol. The molecule has 0 aromatic carbocycles. The molecule has 3 nitrogen and oxygen atoms in total. The molecule has 0 bridgehead atoms. The summed E-state index contributed by atoms with van der Waals surface area (Å²) in [5.74, 6) is 0.896. The van der Waals surface area contributed by atoms with Crippen molar-refractivity contribution in [2.24, 2.45) is 0 Å². The van der Waals surface area contributed by atoms with Crippen LogP contribution in [-0.2, 0) is 4.74 Å². The Hall–Kier alpha value is -0.130. The predicted octanol–water partition coefficient (Wildman–Crippen LogP) is 3.59. The highest BCUT2D eigenvalue weighted by Crippen LogP contribution is 2.29. The molecular weight excluding hydrogens is 336 g/mol. The minimum Gasteiger partial charge on any atom is -0.381 e. The van der Waals surface area contributed by atoms with Crippen molar-refractivity contribution in [3.63, 3.8) is 0 Å². The van der Waals surface area contributed by atoms with E-state index in [-0.39, 0.29) is 5.54 Å². The first-order valence-electron chi connectivity index (χ1n) is 5.26. The molecule has 1 aromatic heterocycles. The van der Waals surface area contributed by atoms with E-state index in [4.69, 9.17) is 4.74 Å². The molecule has 1 aliphatic rings. The SMILES string of the molecule is CC1(Nc2ncc(Br)cc2Br)CCOCC1. The van der Waals surface area contributed by atoms with Crippen LogP contribution in [0, 0.1) is 0 Å². The van der Waals surface area contributed by atoms with Crippen LogP contribution >= 0.6 is 31.9 Å². The Kier molecular flexibility index (Phi) is 3.87. The first kappa shape index (κ1) is 12.3. The molecule has 0 saturated carbocycles. The molecular formula is C11H14Br2N2O. The second kappa shape index (κ2) is 5.02. The number of pyridine rings is 1. The number of halogens is 2. The standard InChI is InChI=1S/C11H14Br2N2O/c1-11(2-4-16-5-3-11)15-10-9(13)6-8(12)7-14-10/h6-7H,2-5H2,1H3,(H,14,15). The lowest BCUT2D eigenvalue weighted by atomic mass is 9.92. The third kappa shape index (κ3) is 2.96. The Labute approximate surface area is 112 Å². The molecule has 5 heteroatoms. The van der Waals surface area contributed by atoms with Crippen LogP contribution in [0.2, 0.25) is 0 Å². The fraction of sp³-hybridized carbons (Fsp3) is 0.545. The summed E-state index contributed by atoms with van der Waals surface area (Å²) in [6, 6.07) is 2.00. The fourth-order valence-corrected chi connectivity index (χ4v) is 2.83. The summed E-state index contributed by atoms with van der Waals surface area (Å²) in [5.41, 5.74) is 0.0849. The summed E-state index contributed by atoms with van der Waals surface area (Å²) < 4.78 is 7.33. The van der Waals surface area contributed by atoms with Gasteiger partial charge in [0.2, 0.25) is 0 Å². The van der Waals surface area contributed by atoms with Crippen molar-refractivity contribution in [3.8, 4) is 0 Å². The maximum atomic E-state index is 5.37. The topological polar surface area (TPSA) is 34.2 Å². The molecule has 0 atom stereocenters. The molecule has 1 saturated heterocycles. The van der Waals surface area contributed by atoms with E-state index < -0.39 is 0 Å². The van der Waals surface area contributed by atoms with Gasteiger partial charge in [-0.2, -0.15) is 0 Å². The fourth-order valence-electron chi connectivity index (χ4n) is 1.74. The van der Waals surface area contributed by atoms with Crippen molar-refractivity contribution in [1.82, 2.24) is 4.98 Å². The quantitative estimate of drug-likeness (QED) is 0.885. The molecule has 1 fully saturated rings. The molecule has 88 valence electrons. The number of anilines is 1. The van der Waals surface area contributed by atoms with Crippen molar-refractivity contribution in [3.05, 3.63) is 21.2 Å². The normalized spacial score (nSPS) is 19.4. The number of nitrogens with zero attached hydrogens (tertiary/aromatic N) is 1. The second-order valence-electron chi connectivity index (χ2n) is 4.28. The highest BCUT2D eigenvalue weighted by Gasteiger charge is 2.27. The van der Waals surface area contributed by atoms with Crippen LogP contribution < -0.4 is 5.32 Å². The van der Waals surface area contributed by atoms with Crippen molar-refractivity contribution >= 4 is 37.7 Å².